The average Bonchev–Trinajstić information content (AvgIpc) is 3.42. The van der Waals surface area contributed by atoms with E-state index in [1.165, 1.54) is 0 Å². The number of hydrogen-bond donors (Lipinski definition) is 0. The molecule has 2 heterocycles. The highest BCUT2D eigenvalue weighted by molar-refractivity contribution is 6.30. The molecule has 208 valence electrons. The van der Waals surface area contributed by atoms with Crippen molar-refractivity contribution in [1.82, 2.24) is 19.9 Å². The van der Waals surface area contributed by atoms with Crippen LogP contribution in [0.5, 0.6) is 5.75 Å². The Kier molecular flexibility index (Phi) is 9.59. The van der Waals surface area contributed by atoms with Crippen LogP contribution < -0.4 is 4.74 Å². The van der Waals surface area contributed by atoms with E-state index in [0.29, 0.717) is 48.6 Å². The summed E-state index contributed by atoms with van der Waals surface area (Å²) >= 11 is 6.01. The third kappa shape index (κ3) is 8.03. The number of aryl methyl sites for hydroxylation is 1. The van der Waals surface area contributed by atoms with Gasteiger partial charge in [0.2, 0.25) is 17.7 Å². The van der Waals surface area contributed by atoms with Crippen molar-refractivity contribution in [2.75, 3.05) is 33.4 Å². The van der Waals surface area contributed by atoms with E-state index in [0.717, 1.165) is 5.56 Å². The number of halogens is 1. The lowest BCUT2D eigenvalue weighted by Gasteiger charge is -2.42. The number of carbonyl (C=O) groups is 2. The number of morpholine rings is 1. The molecule has 2 amide bonds. The van der Waals surface area contributed by atoms with Crippen LogP contribution in [-0.2, 0) is 27.3 Å². The van der Waals surface area contributed by atoms with Crippen molar-refractivity contribution in [3.05, 3.63) is 76.9 Å². The third-order valence-corrected chi connectivity index (χ3v) is 6.88. The molecule has 1 aliphatic rings. The number of ether oxygens (including phenoxy) is 2. The molecule has 3 aromatic rings. The lowest BCUT2D eigenvalue weighted by Crippen LogP contribution is -2.58. The smallest absolute Gasteiger partial charge is 0.227 e. The van der Waals surface area contributed by atoms with E-state index in [9.17, 15) is 9.59 Å². The molecule has 1 unspecified atom stereocenters. The summed E-state index contributed by atoms with van der Waals surface area (Å²) in [4.78, 5) is 34.3. The van der Waals surface area contributed by atoms with Crippen LogP contribution >= 0.6 is 11.6 Å². The first-order valence-corrected chi connectivity index (χ1v) is 13.5. The van der Waals surface area contributed by atoms with Crippen molar-refractivity contribution in [3.63, 3.8) is 0 Å². The summed E-state index contributed by atoms with van der Waals surface area (Å²) in [6.45, 7) is 5.49. The lowest BCUT2D eigenvalue weighted by atomic mass is 9.96. The van der Waals surface area contributed by atoms with Gasteiger partial charge in [-0.2, -0.15) is 4.98 Å². The zero-order valence-electron chi connectivity index (χ0n) is 22.6. The van der Waals surface area contributed by atoms with Crippen LogP contribution in [0, 0.1) is 0 Å². The zero-order valence-corrected chi connectivity index (χ0v) is 23.4. The van der Waals surface area contributed by atoms with Gasteiger partial charge in [-0.3, -0.25) is 9.59 Å². The largest absolute Gasteiger partial charge is 0.490 e. The number of nitrogens with zero attached hydrogens (tertiary/aromatic N) is 4. The minimum absolute atomic E-state index is 0.0646. The van der Waals surface area contributed by atoms with Crippen LogP contribution in [-0.4, -0.2) is 70.7 Å². The molecule has 1 aliphatic heterocycles. The van der Waals surface area contributed by atoms with Gasteiger partial charge in [-0.15, -0.1) is 0 Å². The Morgan fingerprint density at radius 1 is 1.15 bits per heavy atom. The van der Waals surface area contributed by atoms with Gasteiger partial charge in [0.05, 0.1) is 19.6 Å². The maximum atomic E-state index is 13.4. The van der Waals surface area contributed by atoms with Gasteiger partial charge < -0.3 is 23.8 Å². The molecule has 9 nitrogen and oxygen atoms in total. The molecule has 1 atom stereocenters. The van der Waals surface area contributed by atoms with Crippen LogP contribution in [0.3, 0.4) is 0 Å². The number of carbonyl (C=O) groups excluding carboxylic acids is 2. The predicted octanol–water partition coefficient (Wildman–Crippen LogP) is 4.50. The SMILES string of the molecule is CC(C)c1noc(CCC(=O)N2CCOC(COc3ccc(Cl)cc3)(CC(=O)N(C)Cc3ccccc3)C2)n1. The Balaban J connectivity index is 1.44. The summed E-state index contributed by atoms with van der Waals surface area (Å²) in [5.74, 6) is 1.66. The summed E-state index contributed by atoms with van der Waals surface area (Å²) in [7, 11) is 1.77. The minimum atomic E-state index is -1.01. The molecule has 0 radical (unpaired) electrons. The molecule has 4 rings (SSSR count). The quantitative estimate of drug-likeness (QED) is 0.344. The molecule has 2 aromatic carbocycles. The van der Waals surface area contributed by atoms with Gasteiger partial charge in [-0.1, -0.05) is 60.9 Å². The van der Waals surface area contributed by atoms with Crippen LogP contribution in [0.4, 0.5) is 0 Å². The minimum Gasteiger partial charge on any atom is -0.490 e. The van der Waals surface area contributed by atoms with E-state index in [-0.39, 0.29) is 43.7 Å². The summed E-state index contributed by atoms with van der Waals surface area (Å²) in [6, 6.07) is 16.8. The first-order valence-electron chi connectivity index (χ1n) is 13.1. The highest BCUT2D eigenvalue weighted by Gasteiger charge is 2.42. The fraction of sp³-hybridized carbons (Fsp3) is 0.448. The first-order chi connectivity index (χ1) is 18.7. The monoisotopic (exact) mass is 554 g/mol. The Morgan fingerprint density at radius 3 is 2.59 bits per heavy atom. The molecular weight excluding hydrogens is 520 g/mol. The van der Waals surface area contributed by atoms with Crippen molar-refractivity contribution in [2.45, 2.75) is 51.2 Å². The fourth-order valence-corrected chi connectivity index (χ4v) is 4.51. The lowest BCUT2D eigenvalue weighted by molar-refractivity contribution is -0.165. The molecule has 1 aromatic heterocycles. The van der Waals surface area contributed by atoms with Gasteiger partial charge in [-0.05, 0) is 29.8 Å². The second-order valence-corrected chi connectivity index (χ2v) is 10.6. The molecular formula is C29H35ClN4O5. The zero-order chi connectivity index (χ0) is 27.8. The van der Waals surface area contributed by atoms with Crippen molar-refractivity contribution < 1.29 is 23.6 Å². The molecule has 0 spiro atoms. The van der Waals surface area contributed by atoms with Gasteiger partial charge in [0.25, 0.3) is 0 Å². The van der Waals surface area contributed by atoms with Crippen molar-refractivity contribution >= 4 is 23.4 Å². The molecule has 0 bridgehead atoms. The number of rotatable bonds is 11. The van der Waals surface area contributed by atoms with Crippen LogP contribution in [0.15, 0.2) is 59.1 Å². The summed E-state index contributed by atoms with van der Waals surface area (Å²) in [6.07, 6.45) is 0.633. The van der Waals surface area contributed by atoms with Crippen LogP contribution in [0.25, 0.3) is 0 Å². The van der Waals surface area contributed by atoms with Gasteiger partial charge in [0, 0.05) is 43.9 Å². The van der Waals surface area contributed by atoms with E-state index in [4.69, 9.17) is 25.6 Å². The molecule has 0 aliphatic carbocycles. The Hall–Kier alpha value is -3.43. The Bertz CT molecular complexity index is 1230. The standard InChI is InChI=1S/C29H35ClN4O5/c1-21(2)28-31-25(39-32-28)13-14-26(35)34-15-16-38-29(19-34,20-37-24-11-9-23(30)10-12-24)17-27(36)33(3)18-22-7-5-4-6-8-22/h4-12,21H,13-20H2,1-3H3. The number of hydrogen-bond acceptors (Lipinski definition) is 7. The highest BCUT2D eigenvalue weighted by Crippen LogP contribution is 2.27. The van der Waals surface area contributed by atoms with Gasteiger partial charge in [-0.25, -0.2) is 0 Å². The number of benzene rings is 2. The van der Waals surface area contributed by atoms with Crippen molar-refractivity contribution in [2.24, 2.45) is 0 Å². The van der Waals surface area contributed by atoms with E-state index >= 15 is 0 Å². The van der Waals surface area contributed by atoms with Crippen LogP contribution in [0.2, 0.25) is 5.02 Å². The Labute approximate surface area is 234 Å². The maximum Gasteiger partial charge on any atom is 0.227 e. The third-order valence-electron chi connectivity index (χ3n) is 6.63. The topological polar surface area (TPSA) is 98.0 Å². The number of amides is 2. The maximum absolute atomic E-state index is 13.4. The van der Waals surface area contributed by atoms with E-state index in [2.05, 4.69) is 10.1 Å². The molecule has 0 N–H and O–H groups in total. The number of aromatic nitrogens is 2. The van der Waals surface area contributed by atoms with Crippen molar-refractivity contribution in [1.29, 1.82) is 0 Å². The molecule has 1 saturated heterocycles. The van der Waals surface area contributed by atoms with E-state index in [1.807, 2.05) is 44.2 Å². The molecule has 10 heteroatoms. The van der Waals surface area contributed by atoms with E-state index < -0.39 is 5.60 Å². The molecule has 39 heavy (non-hydrogen) atoms. The molecule has 0 saturated carbocycles. The average molecular weight is 555 g/mol. The molecule has 1 fully saturated rings. The van der Waals surface area contributed by atoms with Crippen molar-refractivity contribution in [3.8, 4) is 5.75 Å². The second kappa shape index (κ2) is 13.1. The van der Waals surface area contributed by atoms with Gasteiger partial charge >= 0.3 is 0 Å². The van der Waals surface area contributed by atoms with Gasteiger partial charge in [0.1, 0.15) is 18.0 Å². The van der Waals surface area contributed by atoms with Crippen LogP contribution in [0.1, 0.15) is 49.9 Å². The highest BCUT2D eigenvalue weighted by atomic mass is 35.5. The Morgan fingerprint density at radius 2 is 1.90 bits per heavy atom. The summed E-state index contributed by atoms with van der Waals surface area (Å²) < 4.78 is 17.6. The summed E-state index contributed by atoms with van der Waals surface area (Å²) in [5, 5.41) is 4.57. The van der Waals surface area contributed by atoms with E-state index in [1.54, 1.807) is 41.1 Å². The first kappa shape index (κ1) is 28.6. The summed E-state index contributed by atoms with van der Waals surface area (Å²) in [5.41, 5.74) is 0.0213. The van der Waals surface area contributed by atoms with Gasteiger partial charge in [0.15, 0.2) is 5.82 Å². The normalized spacial score (nSPS) is 17.3. The fourth-order valence-electron chi connectivity index (χ4n) is 4.38. The second-order valence-electron chi connectivity index (χ2n) is 10.2. The predicted molar refractivity (Wildman–Crippen MR) is 146 cm³/mol.